The number of halogens is 3. The molecule has 0 saturated carbocycles. The van der Waals surface area contributed by atoms with Crippen LogP contribution in [0.25, 0.3) is 11.4 Å². The first-order valence-electron chi connectivity index (χ1n) is 9.87. The second-order valence-electron chi connectivity index (χ2n) is 7.68. The van der Waals surface area contributed by atoms with Crippen molar-refractivity contribution in [2.45, 2.75) is 31.9 Å². The van der Waals surface area contributed by atoms with Crippen LogP contribution in [0.3, 0.4) is 0 Å². The lowest BCUT2D eigenvalue weighted by molar-refractivity contribution is -0.142. The number of alkyl halides is 3. The second kappa shape index (κ2) is 6.81. The molecule has 8 nitrogen and oxygen atoms in total. The zero-order chi connectivity index (χ0) is 22.8. The maximum absolute atomic E-state index is 13.5. The number of nitrogen functional groups attached to an aromatic ring is 1. The molecule has 0 saturated heterocycles. The smallest absolute Gasteiger partial charge is 0.384 e. The summed E-state index contributed by atoms with van der Waals surface area (Å²) in [5.74, 6) is -1.59. The molecular weight excluding hydrogens is 427 g/mol. The fourth-order valence-electron chi connectivity index (χ4n) is 4.33. The van der Waals surface area contributed by atoms with Crippen molar-refractivity contribution in [3.8, 4) is 11.4 Å². The Morgan fingerprint density at radius 2 is 1.62 bits per heavy atom. The highest BCUT2D eigenvalue weighted by Crippen LogP contribution is 2.37. The number of fused-ring (bicyclic) bond motifs is 2. The molecule has 1 aliphatic carbocycles. The lowest BCUT2D eigenvalue weighted by Gasteiger charge is -2.15. The maximum atomic E-state index is 13.5. The third-order valence-corrected chi connectivity index (χ3v) is 5.75. The fourth-order valence-corrected chi connectivity index (χ4v) is 4.33. The van der Waals surface area contributed by atoms with Crippen LogP contribution in [0.4, 0.5) is 19.0 Å². The number of nitrogens with one attached hydrogen (secondary N) is 1. The van der Waals surface area contributed by atoms with Gasteiger partial charge in [-0.25, -0.2) is 4.68 Å². The number of imide groups is 1. The van der Waals surface area contributed by atoms with Gasteiger partial charge in [0.15, 0.2) is 5.69 Å². The topological polar surface area (TPSA) is 112 Å². The van der Waals surface area contributed by atoms with Crippen molar-refractivity contribution < 1.29 is 22.8 Å². The van der Waals surface area contributed by atoms with Gasteiger partial charge >= 0.3 is 6.18 Å². The van der Waals surface area contributed by atoms with Crippen molar-refractivity contribution in [1.29, 1.82) is 0 Å². The minimum Gasteiger partial charge on any atom is -0.384 e. The van der Waals surface area contributed by atoms with Crippen LogP contribution >= 0.6 is 0 Å². The van der Waals surface area contributed by atoms with E-state index < -0.39 is 29.2 Å². The van der Waals surface area contributed by atoms with Gasteiger partial charge in [-0.2, -0.15) is 18.3 Å². The van der Waals surface area contributed by atoms with Crippen molar-refractivity contribution in [1.82, 2.24) is 19.7 Å². The quantitative estimate of drug-likeness (QED) is 0.591. The Hall–Kier alpha value is -3.89. The van der Waals surface area contributed by atoms with Crippen LogP contribution in [0.5, 0.6) is 0 Å². The molecule has 3 N–H and O–H groups in total. The Morgan fingerprint density at radius 3 is 2.31 bits per heavy atom. The molecule has 0 radical (unpaired) electrons. The average Bonchev–Trinajstić information content (AvgIpc) is 3.26. The van der Waals surface area contributed by atoms with Gasteiger partial charge in [-0.3, -0.25) is 24.3 Å². The Morgan fingerprint density at radius 1 is 0.969 bits per heavy atom. The molecule has 1 aromatic carbocycles. The average molecular weight is 443 g/mol. The van der Waals surface area contributed by atoms with Crippen LogP contribution in [-0.4, -0.2) is 26.2 Å². The van der Waals surface area contributed by atoms with Crippen LogP contribution < -0.4 is 16.6 Å². The molecule has 32 heavy (non-hydrogen) atoms. The molecule has 2 aliphatic rings. The minimum atomic E-state index is -4.54. The number of nitrogens with zero attached hydrogens (tertiary/aromatic N) is 3. The van der Waals surface area contributed by atoms with Crippen molar-refractivity contribution in [3.63, 3.8) is 0 Å². The monoisotopic (exact) mass is 443 g/mol. The minimum absolute atomic E-state index is 0.0883. The zero-order valence-electron chi connectivity index (χ0n) is 16.5. The lowest BCUT2D eigenvalue weighted by Crippen LogP contribution is -2.24. The van der Waals surface area contributed by atoms with Crippen LogP contribution in [-0.2, 0) is 19.0 Å². The van der Waals surface area contributed by atoms with Crippen molar-refractivity contribution in [2.75, 3.05) is 5.73 Å². The molecule has 3 heterocycles. The molecule has 0 bridgehead atoms. The number of hydrogen-bond donors (Lipinski definition) is 2. The number of carbonyl (C=O) groups excluding carboxylic acids is 2. The summed E-state index contributed by atoms with van der Waals surface area (Å²) >= 11 is 0. The van der Waals surface area contributed by atoms with E-state index in [1.54, 1.807) is 0 Å². The standard InChI is InChI=1S/C21H16F3N5O3/c22-21(23,24)17-12-3-1-2-4-14(12)29(27-17)11-7-5-10(6-8-11)28-15(30)9-13-16(18(28)25)20(32)26-19(13)31/h5-9H,1-4,25H2,(H,26,31,32). The van der Waals surface area contributed by atoms with E-state index in [4.69, 9.17) is 5.73 Å². The molecule has 11 heteroatoms. The number of aromatic nitrogens is 3. The Kier molecular flexibility index (Phi) is 4.26. The Bertz CT molecular complexity index is 1350. The summed E-state index contributed by atoms with van der Waals surface area (Å²) in [7, 11) is 0. The molecule has 2 amide bonds. The molecule has 164 valence electrons. The summed E-state index contributed by atoms with van der Waals surface area (Å²) in [6.45, 7) is 0. The summed E-state index contributed by atoms with van der Waals surface area (Å²) < 4.78 is 42.8. The third-order valence-electron chi connectivity index (χ3n) is 5.75. The van der Waals surface area contributed by atoms with Crippen LogP contribution in [0.15, 0.2) is 35.1 Å². The number of carbonyl (C=O) groups is 2. The SMILES string of the molecule is Nc1c2c(cc(=O)n1-c1ccc(-n3nc(C(F)(F)F)c4c3CCCC4)cc1)C(=O)NC2=O. The third kappa shape index (κ3) is 2.92. The van der Waals surface area contributed by atoms with E-state index >= 15 is 0 Å². The van der Waals surface area contributed by atoms with E-state index in [1.165, 1.54) is 28.9 Å². The number of amides is 2. The number of pyridine rings is 1. The molecule has 0 atom stereocenters. The molecule has 1 aliphatic heterocycles. The van der Waals surface area contributed by atoms with E-state index in [-0.39, 0.29) is 22.5 Å². The first-order valence-corrected chi connectivity index (χ1v) is 9.87. The molecule has 0 unspecified atom stereocenters. The molecular formula is C21H16F3N5O3. The van der Waals surface area contributed by atoms with Gasteiger partial charge in [0.25, 0.3) is 17.4 Å². The summed E-state index contributed by atoms with van der Waals surface area (Å²) in [4.78, 5) is 36.4. The number of nitrogens with two attached hydrogens (primary N) is 1. The van der Waals surface area contributed by atoms with Crippen molar-refractivity contribution >= 4 is 17.6 Å². The van der Waals surface area contributed by atoms with Gasteiger partial charge < -0.3 is 5.73 Å². The highest BCUT2D eigenvalue weighted by atomic mass is 19.4. The molecule has 2 aromatic heterocycles. The number of anilines is 1. The fraction of sp³-hybridized carbons (Fsp3) is 0.238. The largest absolute Gasteiger partial charge is 0.435 e. The van der Waals surface area contributed by atoms with Crippen LogP contribution in [0.1, 0.15) is 50.5 Å². The summed E-state index contributed by atoms with van der Waals surface area (Å²) in [6.07, 6.45) is -2.28. The second-order valence-corrected chi connectivity index (χ2v) is 7.68. The summed E-state index contributed by atoms with van der Waals surface area (Å²) in [6, 6.07) is 7.08. The van der Waals surface area contributed by atoms with Gasteiger partial charge in [-0.15, -0.1) is 0 Å². The van der Waals surface area contributed by atoms with E-state index in [2.05, 4.69) is 10.4 Å². The van der Waals surface area contributed by atoms with Crippen molar-refractivity contribution in [2.24, 2.45) is 0 Å². The van der Waals surface area contributed by atoms with E-state index in [1.807, 2.05) is 0 Å². The number of rotatable bonds is 2. The zero-order valence-corrected chi connectivity index (χ0v) is 16.5. The van der Waals surface area contributed by atoms with Crippen LogP contribution in [0.2, 0.25) is 0 Å². The van der Waals surface area contributed by atoms with Gasteiger partial charge in [0.05, 0.1) is 22.5 Å². The van der Waals surface area contributed by atoms with Gasteiger partial charge in [-0.1, -0.05) is 0 Å². The van der Waals surface area contributed by atoms with Gasteiger partial charge in [0, 0.05) is 17.3 Å². The number of benzene rings is 1. The molecule has 0 fully saturated rings. The predicted octanol–water partition coefficient (Wildman–Crippen LogP) is 2.39. The van der Waals surface area contributed by atoms with Gasteiger partial charge in [0.1, 0.15) is 5.82 Å². The molecule has 0 spiro atoms. The van der Waals surface area contributed by atoms with Gasteiger partial charge in [0.2, 0.25) is 0 Å². The van der Waals surface area contributed by atoms with E-state index in [9.17, 15) is 27.6 Å². The number of hydrogen-bond acceptors (Lipinski definition) is 5. The lowest BCUT2D eigenvalue weighted by atomic mass is 9.95. The highest BCUT2D eigenvalue weighted by molar-refractivity contribution is 6.23. The van der Waals surface area contributed by atoms with Crippen LogP contribution in [0, 0.1) is 0 Å². The summed E-state index contributed by atoms with van der Waals surface area (Å²) in [5.41, 5.74) is 5.81. The van der Waals surface area contributed by atoms with Crippen molar-refractivity contribution in [3.05, 3.63) is 68.8 Å². The maximum Gasteiger partial charge on any atom is 0.435 e. The first-order chi connectivity index (χ1) is 15.2. The predicted molar refractivity (Wildman–Crippen MR) is 107 cm³/mol. The Balaban J connectivity index is 1.60. The van der Waals surface area contributed by atoms with E-state index in [0.717, 1.165) is 17.1 Å². The molecule has 5 rings (SSSR count). The van der Waals surface area contributed by atoms with E-state index in [0.29, 0.717) is 36.3 Å². The highest BCUT2D eigenvalue weighted by Gasteiger charge is 2.39. The first kappa shape index (κ1) is 20.0. The summed E-state index contributed by atoms with van der Waals surface area (Å²) in [5, 5.41) is 5.93. The molecule has 3 aromatic rings. The van der Waals surface area contributed by atoms with Gasteiger partial charge in [-0.05, 0) is 49.9 Å². The Labute approximate surface area is 178 Å². The normalized spacial score (nSPS) is 15.5.